The number of alkyl halides is 3. The Kier molecular flexibility index (Phi) is 9.92. The lowest BCUT2D eigenvalue weighted by Crippen LogP contribution is -2.62. The van der Waals surface area contributed by atoms with Gasteiger partial charge in [-0.2, -0.15) is 13.2 Å². The molecule has 3 heterocycles. The number of rotatable bonds is 3. The third-order valence-electron chi connectivity index (χ3n) is 18.1. The van der Waals surface area contributed by atoms with Crippen LogP contribution in [0.1, 0.15) is 187 Å². The molecule has 1 aromatic heterocycles. The molecule has 3 aliphatic carbocycles. The number of hydrogen-bond donors (Lipinski definition) is 0. The van der Waals surface area contributed by atoms with Crippen LogP contribution in [0.2, 0.25) is 0 Å². The van der Waals surface area contributed by atoms with E-state index < -0.39 is 18.5 Å². The van der Waals surface area contributed by atoms with E-state index in [0.717, 1.165) is 106 Å². The molecule has 5 aliphatic rings. The molecule has 0 fully saturated rings. The topological polar surface area (TPSA) is 19.6 Å². The fourth-order valence-corrected chi connectivity index (χ4v) is 13.4. The first kappa shape index (κ1) is 47.2. The maximum absolute atomic E-state index is 16.3. The van der Waals surface area contributed by atoms with Crippen molar-refractivity contribution >= 4 is 57.4 Å². The van der Waals surface area contributed by atoms with Gasteiger partial charge >= 0.3 is 6.18 Å². The number of fused-ring (bicyclic) bond motifs is 9. The van der Waals surface area contributed by atoms with Crippen LogP contribution >= 0.6 is 0 Å². The molecule has 0 unspecified atom stereocenters. The van der Waals surface area contributed by atoms with Gasteiger partial charge in [-0.3, -0.25) is 0 Å². The smallest absolute Gasteiger partial charge is 0.416 e. The van der Waals surface area contributed by atoms with E-state index in [1.165, 1.54) is 34.4 Å². The zero-order valence-electron chi connectivity index (χ0n) is 44.4. The van der Waals surface area contributed by atoms with Crippen LogP contribution in [0.15, 0.2) is 95.4 Å². The molecule has 5 aromatic carbocycles. The lowest BCUT2D eigenvalue weighted by molar-refractivity contribution is -0.137. The fourth-order valence-electron chi connectivity index (χ4n) is 13.4. The summed E-state index contributed by atoms with van der Waals surface area (Å²) in [7, 11) is 0. The third kappa shape index (κ3) is 6.88. The Balaban J connectivity index is 1.34. The Morgan fingerprint density at radius 2 is 1.06 bits per heavy atom. The van der Waals surface area contributed by atoms with Crippen LogP contribution in [0.25, 0.3) is 11.1 Å². The van der Waals surface area contributed by atoms with E-state index in [0.29, 0.717) is 11.4 Å². The van der Waals surface area contributed by atoms with Gasteiger partial charge in [0.2, 0.25) is 0 Å². The summed E-state index contributed by atoms with van der Waals surface area (Å²) in [5, 5.41) is 0. The normalized spacial score (nSPS) is 20.7. The van der Waals surface area contributed by atoms with E-state index in [1.807, 2.05) is 6.07 Å². The largest absolute Gasteiger partial charge is 0.472 e. The molecule has 0 bridgehead atoms. The van der Waals surface area contributed by atoms with E-state index in [1.54, 1.807) is 0 Å². The minimum absolute atomic E-state index is 0.0370. The molecule has 2 aliphatic heterocycles. The highest BCUT2D eigenvalue weighted by Crippen LogP contribution is 2.59. The van der Waals surface area contributed by atoms with Crippen molar-refractivity contribution in [2.24, 2.45) is 0 Å². The van der Waals surface area contributed by atoms with Gasteiger partial charge in [0.1, 0.15) is 5.76 Å². The van der Waals surface area contributed by atoms with Gasteiger partial charge in [-0.25, -0.2) is 0 Å². The second-order valence-corrected chi connectivity index (χ2v) is 26.9. The first-order valence-corrected chi connectivity index (χ1v) is 26.0. The molecule has 0 radical (unpaired) electrons. The van der Waals surface area contributed by atoms with Crippen LogP contribution in [-0.2, 0) is 44.1 Å². The molecule has 70 heavy (non-hydrogen) atoms. The van der Waals surface area contributed by atoms with Gasteiger partial charge in [0.15, 0.2) is 0 Å². The number of halogens is 3. The van der Waals surface area contributed by atoms with Crippen molar-refractivity contribution in [3.8, 4) is 11.1 Å². The SMILES string of the molecule is CC(C)(C)c1ccc(N2c3cc(C(F)(F)F)cc4c3B(c3ccc5c(c3N4c3ccc4c(c3)C(C)(C)CCC4(C)C)C(C)(C)CCC5(C)C)c3oc4c(c32)C(C)(C)CCC4(C)C)c(-c2ccccc2)c1. The average Bonchev–Trinajstić information content (AvgIpc) is 3.71. The van der Waals surface area contributed by atoms with Crippen molar-refractivity contribution in [1.29, 1.82) is 0 Å². The van der Waals surface area contributed by atoms with Crippen molar-refractivity contribution < 1.29 is 17.6 Å². The number of hydrogen-bond acceptors (Lipinski definition) is 3. The Hall–Kier alpha value is -5.17. The summed E-state index contributed by atoms with van der Waals surface area (Å²) in [5.74, 6) is 0.944. The molecule has 11 rings (SSSR count). The van der Waals surface area contributed by atoms with Crippen molar-refractivity contribution in [1.82, 2.24) is 0 Å². The zero-order valence-corrected chi connectivity index (χ0v) is 44.4. The number of anilines is 6. The van der Waals surface area contributed by atoms with Gasteiger partial charge < -0.3 is 14.2 Å². The lowest BCUT2D eigenvalue weighted by atomic mass is 9.34. The van der Waals surface area contributed by atoms with Gasteiger partial charge in [0.25, 0.3) is 6.71 Å². The highest BCUT2D eigenvalue weighted by Gasteiger charge is 2.55. The predicted molar refractivity (Wildman–Crippen MR) is 288 cm³/mol. The monoisotopic (exact) mass is 941 g/mol. The van der Waals surface area contributed by atoms with Crippen LogP contribution in [0.5, 0.6) is 0 Å². The maximum atomic E-state index is 16.3. The Labute approximate surface area is 416 Å². The molecule has 0 saturated carbocycles. The van der Waals surface area contributed by atoms with Crippen LogP contribution in [0.3, 0.4) is 0 Å². The molecular weight excluding hydrogens is 869 g/mol. The second kappa shape index (κ2) is 14.7. The van der Waals surface area contributed by atoms with Crippen LogP contribution in [0, 0.1) is 0 Å². The van der Waals surface area contributed by atoms with Crippen LogP contribution in [-0.4, -0.2) is 6.71 Å². The van der Waals surface area contributed by atoms with Crippen molar-refractivity contribution in [2.75, 3.05) is 9.80 Å². The highest BCUT2D eigenvalue weighted by atomic mass is 19.4. The molecule has 0 spiro atoms. The molecule has 364 valence electrons. The predicted octanol–water partition coefficient (Wildman–Crippen LogP) is 16.4. The molecule has 0 amide bonds. The average molecular weight is 941 g/mol. The number of furan rings is 1. The quantitative estimate of drug-likeness (QED) is 0.165. The Morgan fingerprint density at radius 1 is 0.500 bits per heavy atom. The summed E-state index contributed by atoms with van der Waals surface area (Å²) < 4.78 is 56.5. The Bertz CT molecular complexity index is 3160. The van der Waals surface area contributed by atoms with E-state index >= 15 is 13.2 Å². The molecule has 0 saturated heterocycles. The van der Waals surface area contributed by atoms with Gasteiger partial charge in [-0.15, -0.1) is 0 Å². The minimum Gasteiger partial charge on any atom is -0.472 e. The fraction of sp³-hybridized carbons (Fsp3) is 0.460. The van der Waals surface area contributed by atoms with Crippen LogP contribution < -0.4 is 26.4 Å². The van der Waals surface area contributed by atoms with Crippen LogP contribution in [0.4, 0.5) is 47.3 Å². The summed E-state index contributed by atoms with van der Waals surface area (Å²) >= 11 is 0. The molecule has 6 aromatic rings. The first-order chi connectivity index (χ1) is 32.4. The van der Waals surface area contributed by atoms with Gasteiger partial charge in [-0.1, -0.05) is 158 Å². The van der Waals surface area contributed by atoms with E-state index in [4.69, 9.17) is 4.42 Å². The summed E-state index contributed by atoms with van der Waals surface area (Å²) in [5.41, 5.74) is 14.8. The Morgan fingerprint density at radius 3 is 1.69 bits per heavy atom. The van der Waals surface area contributed by atoms with Crippen molar-refractivity contribution in [3.63, 3.8) is 0 Å². The molecular formula is C63H72BF3N2O. The van der Waals surface area contributed by atoms with Crippen molar-refractivity contribution in [3.05, 3.63) is 136 Å². The second-order valence-electron chi connectivity index (χ2n) is 26.9. The van der Waals surface area contributed by atoms with Gasteiger partial charge in [-0.05, 0) is 152 Å². The third-order valence-corrected chi connectivity index (χ3v) is 18.1. The summed E-state index contributed by atoms with van der Waals surface area (Å²) in [6.07, 6.45) is 1.27. The standard InChI is InChI=1S/C63H72BF3N2O/c1-56(2,3)38-21-26-46(41(33-38)37-19-17-16-18-20-37)69-48-35-39(63(65,66)67)34-47-51(48)64(55-53(69)50-54(70-55)62(14,15)32-31-61(50,12)13)45-25-24-43-49(60(10,11)30-29-58(43,6)7)52(45)68(47)40-22-23-42-44(36-40)59(8,9)28-27-57(42,4)5/h16-26,33-36H,27-32H2,1-15H3. The van der Waals surface area contributed by atoms with E-state index in [-0.39, 0.29) is 37.9 Å². The van der Waals surface area contributed by atoms with E-state index in [9.17, 15) is 0 Å². The lowest BCUT2D eigenvalue weighted by Gasteiger charge is -2.49. The number of nitrogens with zero attached hydrogens (tertiary/aromatic N) is 2. The summed E-state index contributed by atoms with van der Waals surface area (Å²) in [6.45, 7) is 34.1. The maximum Gasteiger partial charge on any atom is 0.416 e. The molecule has 0 atom stereocenters. The summed E-state index contributed by atoms with van der Waals surface area (Å²) in [4.78, 5) is 4.49. The minimum atomic E-state index is -4.65. The van der Waals surface area contributed by atoms with Gasteiger partial charge in [0.05, 0.1) is 22.6 Å². The summed E-state index contributed by atoms with van der Waals surface area (Å²) in [6, 6.07) is 31.5. The van der Waals surface area contributed by atoms with Gasteiger partial charge in [0, 0.05) is 39.3 Å². The molecule has 7 heteroatoms. The number of benzene rings is 5. The molecule has 0 N–H and O–H groups in total. The van der Waals surface area contributed by atoms with Crippen molar-refractivity contribution in [2.45, 2.75) is 186 Å². The zero-order chi connectivity index (χ0) is 50.3. The first-order valence-electron chi connectivity index (χ1n) is 26.0. The highest BCUT2D eigenvalue weighted by molar-refractivity contribution is 6.99. The van der Waals surface area contributed by atoms with E-state index in [2.05, 4.69) is 186 Å². The molecule has 3 nitrogen and oxygen atoms in total.